The van der Waals surface area contributed by atoms with Gasteiger partial charge in [-0.1, -0.05) is 25.8 Å². The van der Waals surface area contributed by atoms with E-state index in [1.807, 2.05) is 0 Å². The van der Waals surface area contributed by atoms with Gasteiger partial charge in [-0.2, -0.15) is 0 Å². The number of aromatic nitrogens is 1. The molecule has 1 saturated carbocycles. The minimum Gasteiger partial charge on any atom is -0.477 e. The van der Waals surface area contributed by atoms with Crippen LogP contribution < -0.4 is 5.32 Å². The molecule has 2 rings (SSSR count). The second-order valence-corrected chi connectivity index (χ2v) is 5.09. The zero-order valence-electron chi connectivity index (χ0n) is 10.9. The fraction of sp³-hybridized carbons (Fsp3) is 0.500. The van der Waals surface area contributed by atoms with Crippen molar-refractivity contribution >= 4 is 11.9 Å². The van der Waals surface area contributed by atoms with Crippen LogP contribution in [0.4, 0.5) is 0 Å². The van der Waals surface area contributed by atoms with Gasteiger partial charge in [0.15, 0.2) is 0 Å². The fourth-order valence-electron chi connectivity index (χ4n) is 2.52. The van der Waals surface area contributed by atoms with Crippen LogP contribution in [0, 0.1) is 11.8 Å². The van der Waals surface area contributed by atoms with Crippen molar-refractivity contribution in [3.8, 4) is 0 Å². The molecule has 1 aromatic heterocycles. The number of nitrogens with zero attached hydrogens (tertiary/aromatic N) is 1. The number of hydrogen-bond acceptors (Lipinski definition) is 3. The first kappa shape index (κ1) is 13.5. The number of rotatable bonds is 4. The number of pyridine rings is 1. The molecule has 5 heteroatoms. The number of hydrogen-bond donors (Lipinski definition) is 2. The molecule has 0 aromatic carbocycles. The van der Waals surface area contributed by atoms with Gasteiger partial charge in [0, 0.05) is 6.54 Å². The topological polar surface area (TPSA) is 79.3 Å². The Morgan fingerprint density at radius 3 is 2.74 bits per heavy atom. The quantitative estimate of drug-likeness (QED) is 0.869. The van der Waals surface area contributed by atoms with E-state index in [1.165, 1.54) is 31.0 Å². The largest absolute Gasteiger partial charge is 0.477 e. The van der Waals surface area contributed by atoms with Gasteiger partial charge in [-0.15, -0.1) is 0 Å². The monoisotopic (exact) mass is 262 g/mol. The second kappa shape index (κ2) is 5.82. The smallest absolute Gasteiger partial charge is 0.354 e. The maximum Gasteiger partial charge on any atom is 0.354 e. The molecule has 19 heavy (non-hydrogen) atoms. The highest BCUT2D eigenvalue weighted by molar-refractivity contribution is 5.94. The summed E-state index contributed by atoms with van der Waals surface area (Å²) >= 11 is 0. The van der Waals surface area contributed by atoms with Gasteiger partial charge in [0.1, 0.15) is 11.4 Å². The highest BCUT2D eigenvalue weighted by Gasteiger charge is 2.23. The number of aromatic carboxylic acids is 1. The molecule has 1 heterocycles. The number of nitrogens with one attached hydrogen (secondary N) is 1. The third kappa shape index (κ3) is 3.30. The van der Waals surface area contributed by atoms with Crippen molar-refractivity contribution in [2.45, 2.75) is 26.2 Å². The van der Waals surface area contributed by atoms with Gasteiger partial charge in [-0.3, -0.25) is 4.79 Å². The van der Waals surface area contributed by atoms with Crippen molar-refractivity contribution in [2.24, 2.45) is 11.8 Å². The second-order valence-electron chi connectivity index (χ2n) is 5.09. The summed E-state index contributed by atoms with van der Waals surface area (Å²) in [4.78, 5) is 26.5. The molecule has 0 saturated heterocycles. The highest BCUT2D eigenvalue weighted by Crippen LogP contribution is 2.30. The average molecular weight is 262 g/mol. The Bertz CT molecular complexity index is 487. The third-order valence-electron chi connectivity index (χ3n) is 3.76. The van der Waals surface area contributed by atoms with Gasteiger partial charge in [0.05, 0.1) is 0 Å². The van der Waals surface area contributed by atoms with Crippen molar-refractivity contribution in [3.05, 3.63) is 29.6 Å². The van der Waals surface area contributed by atoms with Crippen molar-refractivity contribution in [2.75, 3.05) is 6.54 Å². The van der Waals surface area contributed by atoms with E-state index in [4.69, 9.17) is 5.11 Å². The Hall–Kier alpha value is -1.91. The summed E-state index contributed by atoms with van der Waals surface area (Å²) in [5.41, 5.74) is 0.0486. The number of carbonyl (C=O) groups is 2. The van der Waals surface area contributed by atoms with E-state index in [0.29, 0.717) is 18.4 Å². The molecule has 0 bridgehead atoms. The van der Waals surface area contributed by atoms with Gasteiger partial charge < -0.3 is 10.4 Å². The van der Waals surface area contributed by atoms with Gasteiger partial charge in [0.25, 0.3) is 5.91 Å². The van der Waals surface area contributed by atoms with Crippen LogP contribution in [-0.2, 0) is 0 Å². The van der Waals surface area contributed by atoms with E-state index in [0.717, 1.165) is 6.42 Å². The van der Waals surface area contributed by atoms with Crippen molar-refractivity contribution in [3.63, 3.8) is 0 Å². The molecule has 1 aliphatic carbocycles. The predicted molar refractivity (Wildman–Crippen MR) is 70.0 cm³/mol. The Morgan fingerprint density at radius 2 is 2.11 bits per heavy atom. The lowest BCUT2D eigenvalue weighted by atomic mass is 9.98. The number of carboxylic acid groups (broad SMARTS) is 1. The fourth-order valence-corrected chi connectivity index (χ4v) is 2.52. The molecular formula is C14H18N2O3. The maximum absolute atomic E-state index is 11.9. The van der Waals surface area contributed by atoms with Crippen molar-refractivity contribution in [1.82, 2.24) is 10.3 Å². The van der Waals surface area contributed by atoms with Crippen LogP contribution in [0.15, 0.2) is 18.2 Å². The molecule has 1 fully saturated rings. The van der Waals surface area contributed by atoms with E-state index in [2.05, 4.69) is 17.2 Å². The molecule has 0 spiro atoms. The molecule has 2 unspecified atom stereocenters. The summed E-state index contributed by atoms with van der Waals surface area (Å²) < 4.78 is 0. The molecule has 1 aromatic rings. The Kier molecular flexibility index (Phi) is 4.14. The highest BCUT2D eigenvalue weighted by atomic mass is 16.4. The number of carbonyl (C=O) groups excluding carboxylic acids is 1. The Morgan fingerprint density at radius 1 is 1.37 bits per heavy atom. The lowest BCUT2D eigenvalue weighted by molar-refractivity contribution is 0.0690. The minimum atomic E-state index is -1.13. The van der Waals surface area contributed by atoms with Crippen molar-refractivity contribution < 1.29 is 14.7 Å². The summed E-state index contributed by atoms with van der Waals surface area (Å²) in [5.74, 6) is -0.272. The zero-order chi connectivity index (χ0) is 13.8. The predicted octanol–water partition coefficient (Wildman–Crippen LogP) is 1.95. The van der Waals surface area contributed by atoms with Crippen LogP contribution in [0.2, 0.25) is 0 Å². The molecule has 2 N–H and O–H groups in total. The molecule has 1 aliphatic rings. The molecule has 1 amide bonds. The first-order chi connectivity index (χ1) is 9.08. The Balaban J connectivity index is 1.96. The maximum atomic E-state index is 11.9. The van der Waals surface area contributed by atoms with Crippen LogP contribution in [-0.4, -0.2) is 28.5 Å². The van der Waals surface area contributed by atoms with Gasteiger partial charge >= 0.3 is 5.97 Å². The summed E-state index contributed by atoms with van der Waals surface area (Å²) in [6.07, 6.45) is 3.58. The lowest BCUT2D eigenvalue weighted by Gasteiger charge is -2.15. The van der Waals surface area contributed by atoms with E-state index in [1.54, 1.807) is 0 Å². The number of carboxylic acids is 1. The van der Waals surface area contributed by atoms with Crippen LogP contribution in [0.5, 0.6) is 0 Å². The molecule has 2 atom stereocenters. The molecular weight excluding hydrogens is 244 g/mol. The summed E-state index contributed by atoms with van der Waals surface area (Å²) in [6, 6.07) is 4.43. The van der Waals surface area contributed by atoms with E-state index in [-0.39, 0.29) is 17.3 Å². The minimum absolute atomic E-state index is 0.109. The first-order valence-electron chi connectivity index (χ1n) is 6.56. The molecule has 0 aliphatic heterocycles. The zero-order valence-corrected chi connectivity index (χ0v) is 10.9. The van der Waals surface area contributed by atoms with Crippen LogP contribution >= 0.6 is 0 Å². The van der Waals surface area contributed by atoms with Gasteiger partial charge in [-0.25, -0.2) is 9.78 Å². The Labute approximate surface area is 112 Å². The summed E-state index contributed by atoms with van der Waals surface area (Å²) in [7, 11) is 0. The van der Waals surface area contributed by atoms with Gasteiger partial charge in [0.2, 0.25) is 0 Å². The van der Waals surface area contributed by atoms with Gasteiger partial charge in [-0.05, 0) is 30.4 Å². The first-order valence-corrected chi connectivity index (χ1v) is 6.56. The molecule has 5 nitrogen and oxygen atoms in total. The van der Waals surface area contributed by atoms with Crippen LogP contribution in [0.3, 0.4) is 0 Å². The van der Waals surface area contributed by atoms with Crippen LogP contribution in [0.25, 0.3) is 0 Å². The normalized spacial score (nSPS) is 22.2. The van der Waals surface area contributed by atoms with E-state index in [9.17, 15) is 9.59 Å². The van der Waals surface area contributed by atoms with Crippen LogP contribution in [0.1, 0.15) is 47.2 Å². The lowest BCUT2D eigenvalue weighted by Crippen LogP contribution is -2.31. The summed E-state index contributed by atoms with van der Waals surface area (Å²) in [6.45, 7) is 2.84. The van der Waals surface area contributed by atoms with E-state index < -0.39 is 5.97 Å². The SMILES string of the molecule is CC1CCCC1CNC(=O)c1cccc(C(=O)O)n1. The summed E-state index contributed by atoms with van der Waals surface area (Å²) in [5, 5.41) is 11.7. The molecule has 0 radical (unpaired) electrons. The average Bonchev–Trinajstić information content (AvgIpc) is 2.81. The van der Waals surface area contributed by atoms with E-state index >= 15 is 0 Å². The number of amides is 1. The molecule has 102 valence electrons. The third-order valence-corrected chi connectivity index (χ3v) is 3.76. The standard InChI is InChI=1S/C14H18N2O3/c1-9-4-2-5-10(9)8-15-13(17)11-6-3-7-12(16-11)14(18)19/h3,6-7,9-10H,2,4-5,8H2,1H3,(H,15,17)(H,18,19). The van der Waals surface area contributed by atoms with Crippen molar-refractivity contribution in [1.29, 1.82) is 0 Å².